The summed E-state index contributed by atoms with van der Waals surface area (Å²) >= 11 is 0. The highest BCUT2D eigenvalue weighted by Gasteiger charge is 2.47. The summed E-state index contributed by atoms with van der Waals surface area (Å²) < 4.78 is 22.3. The fourth-order valence-electron chi connectivity index (χ4n) is 6.51. The van der Waals surface area contributed by atoms with Crippen LogP contribution in [0.5, 0.6) is 5.75 Å². The van der Waals surface area contributed by atoms with Gasteiger partial charge < -0.3 is 24.0 Å². The highest BCUT2D eigenvalue weighted by atomic mass is 16.8. The number of hydrogen-bond donors (Lipinski definition) is 0. The van der Waals surface area contributed by atoms with E-state index in [9.17, 15) is 4.79 Å². The van der Waals surface area contributed by atoms with E-state index < -0.39 is 5.79 Å². The molecule has 4 heterocycles. The van der Waals surface area contributed by atoms with E-state index in [0.717, 1.165) is 59.6 Å². The van der Waals surface area contributed by atoms with Gasteiger partial charge in [0.25, 0.3) is 0 Å². The summed E-state index contributed by atoms with van der Waals surface area (Å²) in [5.74, 6) is -0.412. The van der Waals surface area contributed by atoms with Crippen LogP contribution in [0.4, 0.5) is 11.4 Å². The van der Waals surface area contributed by atoms with Crippen LogP contribution < -0.4 is 20.2 Å². The van der Waals surface area contributed by atoms with Gasteiger partial charge in [0.15, 0.2) is 0 Å². The zero-order chi connectivity index (χ0) is 36.1. The minimum atomic E-state index is -1.16. The van der Waals surface area contributed by atoms with Crippen LogP contribution in [0.15, 0.2) is 109 Å². The van der Waals surface area contributed by atoms with Gasteiger partial charge in [0.1, 0.15) is 37.0 Å². The fourth-order valence-corrected chi connectivity index (χ4v) is 6.51. The molecule has 7 rings (SSSR count). The highest BCUT2D eigenvalue weighted by molar-refractivity contribution is 5.84. The van der Waals surface area contributed by atoms with Gasteiger partial charge in [-0.1, -0.05) is 31.2 Å². The van der Waals surface area contributed by atoms with Gasteiger partial charge in [-0.3, -0.25) is 4.98 Å². The van der Waals surface area contributed by atoms with Crippen LogP contribution in [0, 0.1) is 0 Å². The lowest BCUT2D eigenvalue weighted by atomic mass is 10.0. The number of fused-ring (bicyclic) bond motifs is 1. The molecule has 0 N–H and O–H groups in total. The Morgan fingerprint density at radius 1 is 0.923 bits per heavy atom. The number of nitrogens with zero attached hydrogens (tertiary/aromatic N) is 9. The van der Waals surface area contributed by atoms with E-state index in [1.165, 1.54) is 4.68 Å². The summed E-state index contributed by atoms with van der Waals surface area (Å²) in [6.45, 7) is 9.61. The maximum atomic E-state index is 12.9. The molecule has 0 radical (unpaired) electrons. The molecule has 1 fully saturated rings. The zero-order valence-corrected chi connectivity index (χ0v) is 30.1. The van der Waals surface area contributed by atoms with Crippen LogP contribution in [-0.2, 0) is 21.8 Å². The molecule has 0 aliphatic carbocycles. The lowest BCUT2D eigenvalue weighted by Gasteiger charge is -2.28. The Labute approximate surface area is 303 Å². The second-order valence-electron chi connectivity index (χ2n) is 13.1. The first-order valence-electron chi connectivity index (χ1n) is 17.8. The summed E-state index contributed by atoms with van der Waals surface area (Å²) in [5.41, 5.74) is 3.57. The molecule has 52 heavy (non-hydrogen) atoms. The third kappa shape index (κ3) is 7.28. The van der Waals surface area contributed by atoms with Crippen LogP contribution in [0.1, 0.15) is 38.9 Å². The number of likely N-dealkylation sites (N-methyl/N-ethyl adjacent to an activating group) is 2. The van der Waals surface area contributed by atoms with Gasteiger partial charge in [-0.25, -0.2) is 14.0 Å². The lowest BCUT2D eigenvalue weighted by molar-refractivity contribution is -0.194. The van der Waals surface area contributed by atoms with Crippen molar-refractivity contribution in [2.24, 2.45) is 0 Å². The molecule has 3 aromatic heterocycles. The van der Waals surface area contributed by atoms with Crippen molar-refractivity contribution in [3.05, 3.63) is 120 Å². The van der Waals surface area contributed by atoms with Gasteiger partial charge >= 0.3 is 5.69 Å². The molecule has 0 saturated carbocycles. The second-order valence-corrected chi connectivity index (χ2v) is 13.1. The van der Waals surface area contributed by atoms with Gasteiger partial charge in [-0.05, 0) is 80.3 Å². The third-order valence-electron chi connectivity index (χ3n) is 9.71. The van der Waals surface area contributed by atoms with Crippen molar-refractivity contribution in [3.63, 3.8) is 0 Å². The first-order chi connectivity index (χ1) is 25.4. The van der Waals surface area contributed by atoms with Crippen LogP contribution in [0.2, 0.25) is 0 Å². The van der Waals surface area contributed by atoms with Gasteiger partial charge in [-0.2, -0.15) is 20.1 Å². The van der Waals surface area contributed by atoms with E-state index in [1.807, 2.05) is 68.4 Å². The first-order valence-corrected chi connectivity index (χ1v) is 17.8. The minimum absolute atomic E-state index is 0.0591. The lowest BCUT2D eigenvalue weighted by Crippen LogP contribution is -2.36. The van der Waals surface area contributed by atoms with Crippen molar-refractivity contribution in [1.29, 1.82) is 0 Å². The fraction of sp³-hybridized carbons (Fsp3) is 0.359. The Morgan fingerprint density at radius 2 is 1.67 bits per heavy atom. The number of benzene rings is 3. The van der Waals surface area contributed by atoms with E-state index in [-0.39, 0.29) is 24.4 Å². The number of anilines is 2. The molecule has 270 valence electrons. The summed E-state index contributed by atoms with van der Waals surface area (Å²) in [6, 6.07) is 26.3. The zero-order valence-electron chi connectivity index (χ0n) is 30.1. The Bertz CT molecular complexity index is 2110. The average molecular weight is 704 g/mol. The van der Waals surface area contributed by atoms with Crippen LogP contribution in [0.25, 0.3) is 16.5 Å². The van der Waals surface area contributed by atoms with Gasteiger partial charge in [-0.15, -0.1) is 0 Å². The molecule has 1 aliphatic heterocycles. The Hall–Kier alpha value is -5.53. The Morgan fingerprint density at radius 3 is 2.42 bits per heavy atom. The second kappa shape index (κ2) is 15.4. The summed E-state index contributed by atoms with van der Waals surface area (Å²) in [6.07, 6.45) is 7.17. The summed E-state index contributed by atoms with van der Waals surface area (Å²) in [4.78, 5) is 23.7. The molecule has 0 spiro atoms. The smallest absolute Gasteiger partial charge is 0.350 e. The molecule has 3 atom stereocenters. The maximum Gasteiger partial charge on any atom is 0.350 e. The van der Waals surface area contributed by atoms with E-state index >= 15 is 0 Å². The van der Waals surface area contributed by atoms with Gasteiger partial charge in [0, 0.05) is 49.6 Å². The Balaban J connectivity index is 0.945. The maximum absolute atomic E-state index is 12.9. The van der Waals surface area contributed by atoms with E-state index in [2.05, 4.69) is 63.3 Å². The number of rotatable bonds is 15. The predicted octanol–water partition coefficient (Wildman–Crippen LogP) is 5.45. The molecular formula is C39H45N9O4. The van der Waals surface area contributed by atoms with Crippen molar-refractivity contribution in [3.8, 4) is 11.4 Å². The summed E-state index contributed by atoms with van der Waals surface area (Å²) in [5, 5.41) is 14.9. The number of ether oxygens (including phenoxy) is 3. The van der Waals surface area contributed by atoms with E-state index in [4.69, 9.17) is 19.2 Å². The SMILES string of the molecule is CCC(C)n1ncn(-c2ccc(N(CC)CCN(C)c3ccc(OCC4COC(Cn5nccn5)(c5nccc6ccccc56)O4)cc3)cc2)c1=O. The average Bonchev–Trinajstić information content (AvgIpc) is 3.95. The van der Waals surface area contributed by atoms with Crippen molar-refractivity contribution >= 4 is 22.1 Å². The molecule has 13 nitrogen and oxygen atoms in total. The molecule has 1 aliphatic rings. The Kier molecular flexibility index (Phi) is 10.3. The largest absolute Gasteiger partial charge is 0.491 e. The molecule has 6 aromatic rings. The molecular weight excluding hydrogens is 658 g/mol. The molecule has 3 aromatic carbocycles. The topological polar surface area (TPSA) is 118 Å². The van der Waals surface area contributed by atoms with Crippen molar-refractivity contribution in [2.45, 2.75) is 51.7 Å². The molecule has 0 bridgehead atoms. The van der Waals surface area contributed by atoms with Crippen molar-refractivity contribution in [1.82, 2.24) is 34.3 Å². The van der Waals surface area contributed by atoms with Crippen LogP contribution >= 0.6 is 0 Å². The molecule has 1 saturated heterocycles. The van der Waals surface area contributed by atoms with E-state index in [1.54, 1.807) is 34.3 Å². The quantitative estimate of drug-likeness (QED) is 0.137. The predicted molar refractivity (Wildman–Crippen MR) is 200 cm³/mol. The van der Waals surface area contributed by atoms with Crippen LogP contribution in [-0.4, -0.2) is 80.3 Å². The number of hydrogen-bond acceptors (Lipinski definition) is 10. The minimum Gasteiger partial charge on any atom is -0.491 e. The van der Waals surface area contributed by atoms with Crippen LogP contribution in [0.3, 0.4) is 0 Å². The highest BCUT2D eigenvalue weighted by Crippen LogP contribution is 2.38. The van der Waals surface area contributed by atoms with Crippen molar-refractivity contribution in [2.75, 3.05) is 49.7 Å². The summed E-state index contributed by atoms with van der Waals surface area (Å²) in [7, 11) is 2.09. The monoisotopic (exact) mass is 703 g/mol. The normalized spacial score (nSPS) is 17.7. The van der Waals surface area contributed by atoms with E-state index in [0.29, 0.717) is 18.9 Å². The third-order valence-corrected chi connectivity index (χ3v) is 9.71. The van der Waals surface area contributed by atoms with Crippen molar-refractivity contribution < 1.29 is 14.2 Å². The molecule has 0 amide bonds. The van der Waals surface area contributed by atoms with Gasteiger partial charge in [0.2, 0.25) is 5.79 Å². The molecule has 3 unspecified atom stereocenters. The molecule has 13 heteroatoms. The standard InChI is InChI=1S/C39H45N9O4/c1-5-29(3)48-38(49)46(28-43-48)33-13-11-32(12-14-33)45(6-2)24-23-44(4)31-15-17-34(18-16-31)50-25-35-26-51-39(52-35,27-47-41-21-22-42-47)37-36-10-8-7-9-30(36)19-20-40-37/h7-22,28-29,35H,5-6,23-27H2,1-4H3. The number of aromatic nitrogens is 7. The first kappa shape index (κ1) is 34.9. The van der Waals surface area contributed by atoms with Gasteiger partial charge in [0.05, 0.1) is 30.7 Å². The number of pyridine rings is 1.